The second-order valence-corrected chi connectivity index (χ2v) is 9.44. The highest BCUT2D eigenvalue weighted by atomic mass is 19.1. The molecule has 0 aromatic heterocycles. The maximum absolute atomic E-state index is 13.6. The zero-order valence-corrected chi connectivity index (χ0v) is 18.2. The zero-order valence-electron chi connectivity index (χ0n) is 18.2. The summed E-state index contributed by atoms with van der Waals surface area (Å²) in [5.74, 6) is -0.130. The molecule has 3 heterocycles. The van der Waals surface area contributed by atoms with Crippen LogP contribution in [0.3, 0.4) is 0 Å². The predicted octanol–water partition coefficient (Wildman–Crippen LogP) is 2.57. The van der Waals surface area contributed by atoms with Gasteiger partial charge in [0.05, 0.1) is 0 Å². The van der Waals surface area contributed by atoms with Crippen LogP contribution in [0.25, 0.3) is 0 Å². The number of hydrogen-bond donors (Lipinski definition) is 1. The van der Waals surface area contributed by atoms with Crippen molar-refractivity contribution in [3.05, 3.63) is 29.3 Å². The maximum Gasteiger partial charge on any atom is 0.255 e. The van der Waals surface area contributed by atoms with Crippen LogP contribution in [0.1, 0.15) is 67.3 Å². The number of hydrogen-bond acceptors (Lipinski definition) is 5. The molecular formula is C24H30FN3O4. The molecule has 3 amide bonds. The molecule has 7 nitrogen and oxygen atoms in total. The Kier molecular flexibility index (Phi) is 5.88. The fraction of sp³-hybridized carbons (Fsp3) is 0.625. The van der Waals surface area contributed by atoms with Crippen molar-refractivity contribution >= 4 is 17.7 Å². The summed E-state index contributed by atoms with van der Waals surface area (Å²) in [4.78, 5) is 40.5. The van der Waals surface area contributed by atoms with E-state index in [-0.39, 0.29) is 24.3 Å². The highest BCUT2D eigenvalue weighted by Gasteiger charge is 2.39. The second kappa shape index (κ2) is 8.81. The molecule has 3 atom stereocenters. The van der Waals surface area contributed by atoms with Gasteiger partial charge in [0.1, 0.15) is 24.1 Å². The fourth-order valence-corrected chi connectivity index (χ4v) is 5.63. The average molecular weight is 444 g/mol. The number of imide groups is 1. The van der Waals surface area contributed by atoms with Crippen LogP contribution in [0.15, 0.2) is 18.2 Å². The molecular weight excluding hydrogens is 413 g/mol. The molecule has 172 valence electrons. The van der Waals surface area contributed by atoms with Crippen LogP contribution in [-0.4, -0.2) is 65.0 Å². The van der Waals surface area contributed by atoms with Gasteiger partial charge in [0, 0.05) is 37.7 Å². The summed E-state index contributed by atoms with van der Waals surface area (Å²) in [6, 6.07) is 5.22. The number of carbonyl (C=O) groups excluding carboxylic acids is 3. The van der Waals surface area contributed by atoms with Crippen LogP contribution >= 0.6 is 0 Å². The third-order valence-corrected chi connectivity index (χ3v) is 7.38. The van der Waals surface area contributed by atoms with Crippen molar-refractivity contribution in [3.63, 3.8) is 0 Å². The van der Waals surface area contributed by atoms with Gasteiger partial charge in [-0.1, -0.05) is 6.42 Å². The number of benzene rings is 1. The number of ether oxygens (including phenoxy) is 1. The molecule has 0 spiro atoms. The van der Waals surface area contributed by atoms with Gasteiger partial charge in [0.25, 0.3) is 5.91 Å². The lowest BCUT2D eigenvalue weighted by molar-refractivity contribution is -0.136. The van der Waals surface area contributed by atoms with Gasteiger partial charge in [-0.15, -0.1) is 0 Å². The topological polar surface area (TPSA) is 79.0 Å². The van der Waals surface area contributed by atoms with E-state index in [1.54, 1.807) is 11.0 Å². The van der Waals surface area contributed by atoms with Crippen LogP contribution in [0, 0.1) is 0 Å². The quantitative estimate of drug-likeness (QED) is 0.724. The van der Waals surface area contributed by atoms with Gasteiger partial charge >= 0.3 is 0 Å². The smallest absolute Gasteiger partial charge is 0.255 e. The van der Waals surface area contributed by atoms with Crippen LogP contribution in [0.4, 0.5) is 4.39 Å². The molecule has 8 heteroatoms. The highest BCUT2D eigenvalue weighted by Crippen LogP contribution is 2.33. The van der Waals surface area contributed by atoms with Crippen molar-refractivity contribution < 1.29 is 23.5 Å². The number of likely N-dealkylation sites (tertiary alicyclic amines) is 1. The number of alkyl halides is 1. The molecule has 1 N–H and O–H groups in total. The molecule has 1 aromatic rings. The van der Waals surface area contributed by atoms with Gasteiger partial charge in [-0.3, -0.25) is 24.6 Å². The largest absolute Gasteiger partial charge is 0.489 e. The van der Waals surface area contributed by atoms with Crippen LogP contribution in [0.2, 0.25) is 0 Å². The number of piperidine rings is 2. The third-order valence-electron chi connectivity index (χ3n) is 7.38. The first-order chi connectivity index (χ1) is 15.5. The Hall–Kier alpha value is -2.48. The van der Waals surface area contributed by atoms with Crippen molar-refractivity contribution in [1.82, 2.24) is 15.1 Å². The number of rotatable bonds is 4. The summed E-state index contributed by atoms with van der Waals surface area (Å²) in [5.41, 5.74) is 1.44. The van der Waals surface area contributed by atoms with E-state index < -0.39 is 18.1 Å². The molecule has 3 fully saturated rings. The standard InChI is InChI=1S/C24H30FN3O4/c25-16-9-11-27(12-10-16)19-3-1-2-4-21(19)32-17-5-6-18-15(13-17)14-28(24(18)31)20-7-8-22(29)26-23(20)30/h5-6,13,16,19-21H,1-4,7-12,14H2,(H,26,29,30)/t19-,20?,21-/m1/s1. The zero-order chi connectivity index (χ0) is 22.2. The number of amides is 3. The summed E-state index contributed by atoms with van der Waals surface area (Å²) in [6.45, 7) is 1.91. The number of fused-ring (bicyclic) bond motifs is 1. The first kappa shape index (κ1) is 21.4. The highest BCUT2D eigenvalue weighted by molar-refractivity contribution is 6.05. The molecule has 32 heavy (non-hydrogen) atoms. The van der Waals surface area contributed by atoms with Crippen molar-refractivity contribution in [2.24, 2.45) is 0 Å². The molecule has 4 aliphatic rings. The van der Waals surface area contributed by atoms with Crippen LogP contribution < -0.4 is 10.1 Å². The summed E-state index contributed by atoms with van der Waals surface area (Å²) < 4.78 is 20.0. The first-order valence-corrected chi connectivity index (χ1v) is 11.8. The Labute approximate surface area is 187 Å². The summed E-state index contributed by atoms with van der Waals surface area (Å²) in [7, 11) is 0. The predicted molar refractivity (Wildman–Crippen MR) is 115 cm³/mol. The molecule has 5 rings (SSSR count). The SMILES string of the molecule is O=C1CCC(N2Cc3cc(O[C@@H]4CCCC[C@H]4N4CCC(F)CC4)ccc3C2=O)C(=O)N1. The molecule has 2 saturated heterocycles. The molecule has 1 aliphatic carbocycles. The van der Waals surface area contributed by atoms with E-state index in [0.717, 1.165) is 43.7 Å². The van der Waals surface area contributed by atoms with E-state index in [2.05, 4.69) is 10.2 Å². The van der Waals surface area contributed by atoms with Crippen molar-refractivity contribution in [2.75, 3.05) is 13.1 Å². The van der Waals surface area contributed by atoms with E-state index in [9.17, 15) is 18.8 Å². The fourth-order valence-electron chi connectivity index (χ4n) is 5.63. The Balaban J connectivity index is 1.28. The van der Waals surface area contributed by atoms with Crippen molar-refractivity contribution in [3.8, 4) is 5.75 Å². The monoisotopic (exact) mass is 443 g/mol. The molecule has 1 saturated carbocycles. The maximum atomic E-state index is 13.6. The van der Waals surface area contributed by atoms with E-state index in [0.29, 0.717) is 37.4 Å². The van der Waals surface area contributed by atoms with Crippen molar-refractivity contribution in [2.45, 2.75) is 82.3 Å². The normalized spacial score (nSPS) is 29.7. The third kappa shape index (κ3) is 4.12. The number of nitrogens with one attached hydrogen (secondary N) is 1. The Morgan fingerprint density at radius 1 is 1.00 bits per heavy atom. The van der Waals surface area contributed by atoms with Gasteiger partial charge in [-0.05, 0) is 62.3 Å². The summed E-state index contributed by atoms with van der Waals surface area (Å²) >= 11 is 0. The molecule has 0 radical (unpaired) electrons. The Morgan fingerprint density at radius 3 is 2.56 bits per heavy atom. The lowest BCUT2D eigenvalue weighted by Crippen LogP contribution is -2.52. The van der Waals surface area contributed by atoms with Crippen LogP contribution in [0.5, 0.6) is 5.75 Å². The van der Waals surface area contributed by atoms with Crippen molar-refractivity contribution in [1.29, 1.82) is 0 Å². The van der Waals surface area contributed by atoms with Gasteiger partial charge in [0.15, 0.2) is 0 Å². The van der Waals surface area contributed by atoms with E-state index in [1.807, 2.05) is 12.1 Å². The van der Waals surface area contributed by atoms with E-state index in [4.69, 9.17) is 4.74 Å². The Morgan fingerprint density at radius 2 is 1.78 bits per heavy atom. The molecule has 1 aromatic carbocycles. The van der Waals surface area contributed by atoms with Gasteiger partial charge < -0.3 is 9.64 Å². The minimum atomic E-state index is -0.684. The number of nitrogens with zero attached hydrogens (tertiary/aromatic N) is 2. The second-order valence-electron chi connectivity index (χ2n) is 9.44. The summed E-state index contributed by atoms with van der Waals surface area (Å²) in [5, 5.41) is 2.33. The number of carbonyl (C=O) groups is 3. The van der Waals surface area contributed by atoms with Crippen LogP contribution in [-0.2, 0) is 16.1 Å². The van der Waals surface area contributed by atoms with Gasteiger partial charge in [-0.2, -0.15) is 0 Å². The van der Waals surface area contributed by atoms with E-state index >= 15 is 0 Å². The molecule has 1 unspecified atom stereocenters. The van der Waals surface area contributed by atoms with E-state index in [1.165, 1.54) is 6.42 Å². The Bertz CT molecular complexity index is 915. The summed E-state index contributed by atoms with van der Waals surface area (Å²) in [6.07, 6.45) is 5.48. The van der Waals surface area contributed by atoms with Gasteiger partial charge in [-0.25, -0.2) is 4.39 Å². The molecule has 3 aliphatic heterocycles. The first-order valence-electron chi connectivity index (χ1n) is 11.8. The minimum absolute atomic E-state index is 0.0568. The lowest BCUT2D eigenvalue weighted by Gasteiger charge is -2.42. The van der Waals surface area contributed by atoms with Gasteiger partial charge in [0.2, 0.25) is 11.8 Å². The molecule has 0 bridgehead atoms. The number of halogens is 1. The average Bonchev–Trinajstić information content (AvgIpc) is 3.10. The minimum Gasteiger partial charge on any atom is -0.489 e. The lowest BCUT2D eigenvalue weighted by atomic mass is 9.89.